The molecule has 1 aromatic heterocycles. The predicted molar refractivity (Wildman–Crippen MR) is 134 cm³/mol. The first-order chi connectivity index (χ1) is 18.7. The summed E-state index contributed by atoms with van der Waals surface area (Å²) in [5.74, 6) is -0.414. The number of aromatic nitrogens is 4. The summed E-state index contributed by atoms with van der Waals surface area (Å²) in [6.45, 7) is 6.43. The first-order valence-electron chi connectivity index (χ1n) is 13.1. The van der Waals surface area contributed by atoms with E-state index in [1.807, 2.05) is 30.3 Å². The number of likely N-dealkylation sites (tertiary alicyclic amines) is 1. The zero-order valence-corrected chi connectivity index (χ0v) is 22.3. The van der Waals surface area contributed by atoms with Gasteiger partial charge in [-0.25, -0.2) is 15.1 Å². The molecule has 2 unspecified atom stereocenters. The van der Waals surface area contributed by atoms with Crippen LogP contribution in [0.3, 0.4) is 0 Å². The first-order valence-corrected chi connectivity index (χ1v) is 13.1. The number of piperidine rings is 1. The van der Waals surface area contributed by atoms with Crippen molar-refractivity contribution in [3.63, 3.8) is 0 Å². The molecule has 14 heteroatoms. The summed E-state index contributed by atoms with van der Waals surface area (Å²) < 4.78 is 5.56. The van der Waals surface area contributed by atoms with E-state index in [1.165, 1.54) is 21.1 Å². The van der Waals surface area contributed by atoms with E-state index in [9.17, 15) is 14.4 Å². The van der Waals surface area contributed by atoms with Crippen LogP contribution in [0.2, 0.25) is 0 Å². The highest BCUT2D eigenvalue weighted by Crippen LogP contribution is 2.31. The third-order valence-electron chi connectivity index (χ3n) is 7.00. The summed E-state index contributed by atoms with van der Waals surface area (Å²) in [4.78, 5) is 54.8. The minimum Gasteiger partial charge on any atom is -0.444 e. The van der Waals surface area contributed by atoms with Gasteiger partial charge < -0.3 is 14.5 Å². The molecule has 4 amide bonds. The fourth-order valence-electron chi connectivity index (χ4n) is 5.17. The molecule has 4 atom stereocenters. The second-order valence-electron chi connectivity index (χ2n) is 11.0. The summed E-state index contributed by atoms with van der Waals surface area (Å²) >= 11 is 0. The van der Waals surface area contributed by atoms with Crippen molar-refractivity contribution in [1.82, 2.24) is 40.6 Å². The summed E-state index contributed by atoms with van der Waals surface area (Å²) in [7, 11) is 0. The average Bonchev–Trinajstić information content (AvgIpc) is 3.63. The topological polar surface area (TPSA) is 144 Å². The second-order valence-corrected chi connectivity index (χ2v) is 11.0. The van der Waals surface area contributed by atoms with Crippen LogP contribution in [0.4, 0.5) is 9.59 Å². The summed E-state index contributed by atoms with van der Waals surface area (Å²) in [6.07, 6.45) is 2.47. The van der Waals surface area contributed by atoms with Crippen molar-refractivity contribution in [2.45, 2.75) is 76.4 Å². The van der Waals surface area contributed by atoms with Gasteiger partial charge in [-0.2, -0.15) is 9.86 Å². The van der Waals surface area contributed by atoms with Crippen molar-refractivity contribution in [3.05, 3.63) is 42.2 Å². The number of nitrogens with zero attached hydrogens (tertiary/aromatic N) is 7. The van der Waals surface area contributed by atoms with E-state index in [1.54, 1.807) is 25.7 Å². The molecule has 39 heavy (non-hydrogen) atoms. The van der Waals surface area contributed by atoms with Crippen LogP contribution in [-0.2, 0) is 25.8 Å². The lowest BCUT2D eigenvalue weighted by atomic mass is 10.0. The second kappa shape index (κ2) is 11.1. The quantitative estimate of drug-likeness (QED) is 0.493. The number of carbonyl (C=O) groups is 3. The Hall–Kier alpha value is -3.78. The van der Waals surface area contributed by atoms with E-state index in [0.717, 1.165) is 5.56 Å². The minimum absolute atomic E-state index is 0.0335. The van der Waals surface area contributed by atoms with Crippen LogP contribution in [-0.4, -0.2) is 96.5 Å². The number of nitrogens with one attached hydrogen (secondary N) is 1. The van der Waals surface area contributed by atoms with Crippen molar-refractivity contribution >= 4 is 18.0 Å². The molecular formula is C25H34N8O6. The SMILES string of the molecule is CC(C)(C)OC(=O)N1C[C@@H](n2ncnn2)C[C@H]1CONC(=O)C1CCC2CN1C(=O)N2OCc1ccccc1. The van der Waals surface area contributed by atoms with Crippen LogP contribution in [0, 0.1) is 0 Å². The van der Waals surface area contributed by atoms with Crippen molar-refractivity contribution in [2.75, 3.05) is 19.7 Å². The molecule has 3 saturated heterocycles. The molecule has 3 fully saturated rings. The number of hydroxylamine groups is 3. The van der Waals surface area contributed by atoms with Gasteiger partial charge in [-0.1, -0.05) is 30.3 Å². The Labute approximate surface area is 226 Å². The van der Waals surface area contributed by atoms with Gasteiger partial charge >= 0.3 is 12.1 Å². The Bertz CT molecular complexity index is 1160. The maximum Gasteiger partial charge on any atom is 0.410 e. The Morgan fingerprint density at radius 2 is 1.90 bits per heavy atom. The smallest absolute Gasteiger partial charge is 0.410 e. The van der Waals surface area contributed by atoms with Crippen LogP contribution in [0.15, 0.2) is 36.7 Å². The van der Waals surface area contributed by atoms with Crippen molar-refractivity contribution in [1.29, 1.82) is 0 Å². The lowest BCUT2D eigenvalue weighted by Crippen LogP contribution is -2.50. The minimum atomic E-state index is -0.670. The molecule has 2 bridgehead atoms. The van der Waals surface area contributed by atoms with Gasteiger partial charge in [0.05, 0.1) is 24.7 Å². The number of ether oxygens (including phenoxy) is 1. The monoisotopic (exact) mass is 542 g/mol. The highest BCUT2D eigenvalue weighted by atomic mass is 16.7. The Morgan fingerprint density at radius 1 is 1.10 bits per heavy atom. The number of urea groups is 1. The van der Waals surface area contributed by atoms with Crippen molar-refractivity contribution in [2.24, 2.45) is 0 Å². The zero-order valence-electron chi connectivity index (χ0n) is 22.3. The normalized spacial score (nSPS) is 24.8. The Kier molecular flexibility index (Phi) is 7.66. The van der Waals surface area contributed by atoms with Gasteiger partial charge in [-0.3, -0.25) is 14.5 Å². The fourth-order valence-corrected chi connectivity index (χ4v) is 5.17. The molecule has 0 aliphatic carbocycles. The molecule has 1 aromatic carbocycles. The highest BCUT2D eigenvalue weighted by molar-refractivity contribution is 5.88. The lowest BCUT2D eigenvalue weighted by molar-refractivity contribution is -0.141. The number of carbonyl (C=O) groups excluding carboxylic acids is 3. The molecule has 5 rings (SSSR count). The number of amides is 4. The van der Waals surface area contributed by atoms with Gasteiger partial charge in [0, 0.05) is 13.1 Å². The summed E-state index contributed by atoms with van der Waals surface area (Å²) in [6, 6.07) is 7.91. The van der Waals surface area contributed by atoms with Crippen LogP contribution >= 0.6 is 0 Å². The Balaban J connectivity index is 1.15. The predicted octanol–water partition coefficient (Wildman–Crippen LogP) is 1.67. The highest BCUT2D eigenvalue weighted by Gasteiger charge is 2.48. The van der Waals surface area contributed by atoms with E-state index in [2.05, 4.69) is 20.9 Å². The van der Waals surface area contributed by atoms with Gasteiger partial charge in [0.15, 0.2) is 6.33 Å². The first kappa shape index (κ1) is 26.8. The van der Waals surface area contributed by atoms with Crippen molar-refractivity contribution < 1.29 is 28.8 Å². The number of benzene rings is 1. The van der Waals surface area contributed by atoms with E-state index < -0.39 is 23.6 Å². The molecule has 0 saturated carbocycles. The van der Waals surface area contributed by atoms with Crippen LogP contribution in [0.5, 0.6) is 0 Å². The zero-order chi connectivity index (χ0) is 27.6. The van der Waals surface area contributed by atoms with Gasteiger partial charge in [-0.05, 0) is 50.8 Å². The van der Waals surface area contributed by atoms with Gasteiger partial charge in [0.2, 0.25) is 0 Å². The molecule has 1 N–H and O–H groups in total. The van der Waals surface area contributed by atoms with Crippen LogP contribution in [0.1, 0.15) is 51.6 Å². The van der Waals surface area contributed by atoms with Gasteiger partial charge in [0.1, 0.15) is 18.2 Å². The molecule has 2 aromatic rings. The van der Waals surface area contributed by atoms with E-state index in [-0.39, 0.29) is 37.4 Å². The third kappa shape index (κ3) is 6.11. The van der Waals surface area contributed by atoms with Crippen LogP contribution in [0.25, 0.3) is 0 Å². The molecule has 4 heterocycles. The van der Waals surface area contributed by atoms with E-state index in [4.69, 9.17) is 14.4 Å². The van der Waals surface area contributed by atoms with Gasteiger partial charge in [-0.15, -0.1) is 10.2 Å². The molecule has 14 nitrogen and oxygen atoms in total. The molecular weight excluding hydrogens is 508 g/mol. The molecule has 0 spiro atoms. The van der Waals surface area contributed by atoms with E-state index in [0.29, 0.717) is 32.4 Å². The summed E-state index contributed by atoms with van der Waals surface area (Å²) in [5.41, 5.74) is 2.78. The number of hydrogen-bond acceptors (Lipinski definition) is 9. The van der Waals surface area contributed by atoms with Crippen LogP contribution < -0.4 is 5.48 Å². The number of hydrogen-bond donors (Lipinski definition) is 1. The molecule has 210 valence electrons. The lowest BCUT2D eigenvalue weighted by Gasteiger charge is -2.30. The molecule has 0 radical (unpaired) electrons. The number of rotatable bonds is 8. The number of tetrazole rings is 1. The Morgan fingerprint density at radius 3 is 2.62 bits per heavy atom. The largest absolute Gasteiger partial charge is 0.444 e. The van der Waals surface area contributed by atoms with E-state index >= 15 is 0 Å². The maximum atomic E-state index is 13.0. The third-order valence-corrected chi connectivity index (χ3v) is 7.00. The molecule has 3 aliphatic rings. The average molecular weight is 543 g/mol. The standard InChI is InChI=1S/C25H34N8O6/c1-25(2,3)39-24(36)30-13-19(33-27-16-26-29-33)11-20(30)15-37-28-22(34)21-10-9-18-12-31(21)23(35)32(18)38-14-17-7-5-4-6-8-17/h4-8,16,18-21H,9-15H2,1-3H3,(H,28,34)/t18?,19-,20-,21?/m0/s1. The van der Waals surface area contributed by atoms with Gasteiger partial charge in [0.25, 0.3) is 5.91 Å². The molecule has 3 aliphatic heterocycles. The number of fused-ring (bicyclic) bond motifs is 2. The maximum absolute atomic E-state index is 13.0. The summed E-state index contributed by atoms with van der Waals surface area (Å²) in [5, 5.41) is 13.2. The van der Waals surface area contributed by atoms with Crippen molar-refractivity contribution in [3.8, 4) is 0 Å². The fraction of sp³-hybridized carbons (Fsp3) is 0.600.